The Kier molecular flexibility index (Phi) is 1.80. The first-order valence-electron chi connectivity index (χ1n) is 3.26. The van der Waals surface area contributed by atoms with Crippen molar-refractivity contribution < 1.29 is 4.79 Å². The second-order valence-electron chi connectivity index (χ2n) is 2.21. The molecule has 0 aliphatic carbocycles. The van der Waals surface area contributed by atoms with Gasteiger partial charge in [-0.25, -0.2) is 9.50 Å². The van der Waals surface area contributed by atoms with Crippen LogP contribution in [0.1, 0.15) is 10.5 Å². The van der Waals surface area contributed by atoms with E-state index in [-0.39, 0.29) is 0 Å². The number of rotatable bonds is 1. The van der Waals surface area contributed by atoms with E-state index in [2.05, 4.69) is 32.7 Å². The minimum Gasteiger partial charge on any atom is -0.296 e. The van der Waals surface area contributed by atoms with Crippen LogP contribution in [0.4, 0.5) is 0 Å². The molecule has 2 aromatic heterocycles. The van der Waals surface area contributed by atoms with Gasteiger partial charge in [-0.3, -0.25) is 4.79 Å². The van der Waals surface area contributed by atoms with Crippen LogP contribution in [0.2, 0.25) is 0 Å². The third-order valence-electron chi connectivity index (χ3n) is 1.54. The van der Waals surface area contributed by atoms with Gasteiger partial charge in [0.15, 0.2) is 11.9 Å². The summed E-state index contributed by atoms with van der Waals surface area (Å²) < 4.78 is 2.40. The van der Waals surface area contributed by atoms with E-state index >= 15 is 0 Å². The normalized spacial score (nSPS) is 10.4. The summed E-state index contributed by atoms with van der Waals surface area (Å²) in [7, 11) is 0. The zero-order valence-corrected chi connectivity index (χ0v) is 8.09. The Balaban J connectivity index is 2.91. The van der Waals surface area contributed by atoms with Gasteiger partial charge >= 0.3 is 0 Å². The minimum absolute atomic E-state index is 0.547. The van der Waals surface area contributed by atoms with E-state index in [1.165, 1.54) is 10.8 Å². The molecule has 0 spiro atoms. The lowest BCUT2D eigenvalue weighted by molar-refractivity contribution is 0.111. The lowest BCUT2D eigenvalue weighted by Crippen LogP contribution is -1.99. The SMILES string of the molecule is O=Cc1c(I)ccc2ncnn12. The van der Waals surface area contributed by atoms with E-state index in [0.29, 0.717) is 11.3 Å². The van der Waals surface area contributed by atoms with Gasteiger partial charge in [0.25, 0.3) is 0 Å². The predicted molar refractivity (Wildman–Crippen MR) is 51.1 cm³/mol. The molecule has 0 bridgehead atoms. The third kappa shape index (κ3) is 1.01. The maximum Gasteiger partial charge on any atom is 0.169 e. The molecule has 0 unspecified atom stereocenters. The van der Waals surface area contributed by atoms with E-state index in [9.17, 15) is 4.79 Å². The maximum atomic E-state index is 10.6. The smallest absolute Gasteiger partial charge is 0.169 e. The lowest BCUT2D eigenvalue weighted by atomic mass is 10.4. The van der Waals surface area contributed by atoms with Gasteiger partial charge in [-0.15, -0.1) is 0 Å². The highest BCUT2D eigenvalue weighted by Gasteiger charge is 2.04. The highest BCUT2D eigenvalue weighted by molar-refractivity contribution is 14.1. The highest BCUT2D eigenvalue weighted by Crippen LogP contribution is 2.10. The number of nitrogens with zero attached hydrogens (tertiary/aromatic N) is 3. The van der Waals surface area contributed by atoms with E-state index < -0.39 is 0 Å². The van der Waals surface area contributed by atoms with E-state index in [1.54, 1.807) is 0 Å². The second kappa shape index (κ2) is 2.81. The number of hydrogen-bond acceptors (Lipinski definition) is 3. The summed E-state index contributed by atoms with van der Waals surface area (Å²) >= 11 is 2.09. The fourth-order valence-electron chi connectivity index (χ4n) is 0.990. The van der Waals surface area contributed by atoms with Crippen molar-refractivity contribution in [2.45, 2.75) is 0 Å². The van der Waals surface area contributed by atoms with Crippen LogP contribution in [0.15, 0.2) is 18.5 Å². The zero-order valence-electron chi connectivity index (χ0n) is 5.94. The molecule has 5 heteroatoms. The molecule has 0 radical (unpaired) electrons. The van der Waals surface area contributed by atoms with Crippen molar-refractivity contribution in [3.8, 4) is 0 Å². The summed E-state index contributed by atoms with van der Waals surface area (Å²) in [5, 5.41) is 3.92. The molecule has 0 fully saturated rings. The number of fused-ring (bicyclic) bond motifs is 1. The molecule has 0 saturated heterocycles. The van der Waals surface area contributed by atoms with Crippen molar-refractivity contribution in [1.29, 1.82) is 0 Å². The van der Waals surface area contributed by atoms with Gasteiger partial charge in [0.1, 0.15) is 12.0 Å². The molecule has 0 aromatic carbocycles. The first-order valence-corrected chi connectivity index (χ1v) is 4.34. The molecular formula is C7H4IN3O. The van der Waals surface area contributed by atoms with Crippen molar-refractivity contribution in [2.24, 2.45) is 0 Å². The van der Waals surface area contributed by atoms with Gasteiger partial charge in [0, 0.05) is 3.57 Å². The maximum absolute atomic E-state index is 10.6. The van der Waals surface area contributed by atoms with Gasteiger partial charge in [-0.2, -0.15) is 5.10 Å². The Labute approximate surface area is 81.7 Å². The number of halogens is 1. The van der Waals surface area contributed by atoms with Gasteiger partial charge < -0.3 is 0 Å². The largest absolute Gasteiger partial charge is 0.296 e. The standard InChI is InChI=1S/C7H4IN3O/c8-5-1-2-7-9-4-10-11(7)6(5)3-12/h1-4H. The van der Waals surface area contributed by atoms with Crippen LogP contribution in [0, 0.1) is 3.57 Å². The molecule has 2 aromatic rings. The highest BCUT2D eigenvalue weighted by atomic mass is 127. The minimum atomic E-state index is 0.547. The Morgan fingerprint density at radius 1 is 1.50 bits per heavy atom. The van der Waals surface area contributed by atoms with Crippen LogP contribution < -0.4 is 0 Å². The molecule has 0 saturated carbocycles. The number of carbonyl (C=O) groups is 1. The average molecular weight is 273 g/mol. The first-order chi connectivity index (χ1) is 5.83. The topological polar surface area (TPSA) is 47.3 Å². The number of carbonyl (C=O) groups excluding carboxylic acids is 1. The van der Waals surface area contributed by atoms with Crippen molar-refractivity contribution in [1.82, 2.24) is 14.6 Å². The third-order valence-corrected chi connectivity index (χ3v) is 2.45. The second-order valence-corrected chi connectivity index (χ2v) is 3.38. The van der Waals surface area contributed by atoms with Gasteiger partial charge in [0.05, 0.1) is 0 Å². The van der Waals surface area contributed by atoms with Crippen LogP contribution in [0.5, 0.6) is 0 Å². The molecule has 2 heterocycles. The zero-order chi connectivity index (χ0) is 8.55. The molecule has 4 nitrogen and oxygen atoms in total. The predicted octanol–water partition coefficient (Wildman–Crippen LogP) is 1.15. The summed E-state index contributed by atoms with van der Waals surface area (Å²) in [5.74, 6) is 0. The van der Waals surface area contributed by atoms with E-state index in [1.807, 2.05) is 12.1 Å². The molecule has 0 amide bonds. The average Bonchev–Trinajstić information content (AvgIpc) is 2.52. The molecule has 0 N–H and O–H groups in total. The van der Waals surface area contributed by atoms with Crippen molar-refractivity contribution >= 4 is 34.5 Å². The molecule has 60 valence electrons. The number of pyridine rings is 1. The summed E-state index contributed by atoms with van der Waals surface area (Å²) in [4.78, 5) is 14.6. The van der Waals surface area contributed by atoms with Crippen LogP contribution >= 0.6 is 22.6 Å². The van der Waals surface area contributed by atoms with Crippen LogP contribution in [0.25, 0.3) is 5.65 Å². The van der Waals surface area contributed by atoms with Crippen LogP contribution in [0.3, 0.4) is 0 Å². The van der Waals surface area contributed by atoms with Gasteiger partial charge in [-0.1, -0.05) is 0 Å². The first kappa shape index (κ1) is 7.66. The summed E-state index contributed by atoms with van der Waals surface area (Å²) in [6, 6.07) is 3.66. The van der Waals surface area contributed by atoms with E-state index in [4.69, 9.17) is 0 Å². The van der Waals surface area contributed by atoms with Crippen molar-refractivity contribution in [2.75, 3.05) is 0 Å². The quantitative estimate of drug-likeness (QED) is 0.578. The van der Waals surface area contributed by atoms with Crippen molar-refractivity contribution in [3.05, 3.63) is 27.7 Å². The number of aromatic nitrogens is 3. The van der Waals surface area contributed by atoms with Crippen molar-refractivity contribution in [3.63, 3.8) is 0 Å². The molecule has 0 aliphatic rings. The Morgan fingerprint density at radius 3 is 3.08 bits per heavy atom. The number of aldehydes is 1. The Morgan fingerprint density at radius 2 is 2.33 bits per heavy atom. The molecule has 2 rings (SSSR count). The fraction of sp³-hybridized carbons (Fsp3) is 0. The Hall–Kier alpha value is -0.980. The molecule has 12 heavy (non-hydrogen) atoms. The van der Waals surface area contributed by atoms with Gasteiger partial charge in [-0.05, 0) is 34.7 Å². The fourth-order valence-corrected chi connectivity index (χ4v) is 1.53. The van der Waals surface area contributed by atoms with E-state index in [0.717, 1.165) is 9.86 Å². The summed E-state index contributed by atoms with van der Waals surface area (Å²) in [6.07, 6.45) is 2.21. The molecule has 0 aliphatic heterocycles. The summed E-state index contributed by atoms with van der Waals surface area (Å²) in [5.41, 5.74) is 1.24. The number of hydrogen-bond donors (Lipinski definition) is 0. The van der Waals surface area contributed by atoms with Gasteiger partial charge in [0.2, 0.25) is 0 Å². The Bertz CT molecular complexity index is 437. The van der Waals surface area contributed by atoms with Crippen LogP contribution in [-0.2, 0) is 0 Å². The molecular weight excluding hydrogens is 269 g/mol. The summed E-state index contributed by atoms with van der Waals surface area (Å²) in [6.45, 7) is 0. The monoisotopic (exact) mass is 273 g/mol. The van der Waals surface area contributed by atoms with Crippen LogP contribution in [-0.4, -0.2) is 20.9 Å². The lowest BCUT2D eigenvalue weighted by Gasteiger charge is -1.97. The molecule has 0 atom stereocenters.